The molecule has 5 nitrogen and oxygen atoms in total. The molecule has 5 heteroatoms. The number of β-amino-alcohol motifs (C(OH)–C–C–N with tert-alkyl or cyclic N) is 1. The van der Waals surface area contributed by atoms with E-state index < -0.39 is 0 Å². The summed E-state index contributed by atoms with van der Waals surface area (Å²) in [5, 5.41) is 9.78. The van der Waals surface area contributed by atoms with Crippen LogP contribution in [0.1, 0.15) is 23.2 Å². The third kappa shape index (κ3) is 2.98. The second kappa shape index (κ2) is 5.48. The molecule has 1 unspecified atom stereocenters. The maximum Gasteiger partial charge on any atom is 0.255 e. The highest BCUT2D eigenvalue weighted by Crippen LogP contribution is 2.27. The lowest BCUT2D eigenvalue weighted by Crippen LogP contribution is -2.39. The maximum absolute atomic E-state index is 12.2. The minimum atomic E-state index is -0.336. The van der Waals surface area contributed by atoms with Crippen molar-refractivity contribution >= 4 is 17.3 Å². The number of rotatable bonds is 2. The topological polar surface area (TPSA) is 69.8 Å². The number of hydrogen-bond donors (Lipinski definition) is 2. The quantitative estimate of drug-likeness (QED) is 0.779. The Balaban J connectivity index is 2.36. The number of anilines is 2. The summed E-state index contributed by atoms with van der Waals surface area (Å²) in [6.45, 7) is 1.39. The Morgan fingerprint density at radius 3 is 2.84 bits per heavy atom. The smallest absolute Gasteiger partial charge is 0.255 e. The summed E-state index contributed by atoms with van der Waals surface area (Å²) in [5.41, 5.74) is 7.91. The van der Waals surface area contributed by atoms with Crippen LogP contribution >= 0.6 is 0 Å². The summed E-state index contributed by atoms with van der Waals surface area (Å²) in [7, 11) is 3.46. The Morgan fingerprint density at radius 2 is 2.21 bits per heavy atom. The van der Waals surface area contributed by atoms with Gasteiger partial charge in [-0.2, -0.15) is 0 Å². The molecule has 3 N–H and O–H groups in total. The zero-order valence-electron chi connectivity index (χ0n) is 11.5. The first-order valence-corrected chi connectivity index (χ1v) is 6.53. The second-order valence-corrected chi connectivity index (χ2v) is 5.22. The fourth-order valence-corrected chi connectivity index (χ4v) is 2.41. The van der Waals surface area contributed by atoms with Gasteiger partial charge in [0, 0.05) is 32.9 Å². The summed E-state index contributed by atoms with van der Waals surface area (Å²) in [5.74, 6) is -0.0462. The molecule has 1 saturated heterocycles. The average molecular weight is 263 g/mol. The molecule has 1 aromatic carbocycles. The van der Waals surface area contributed by atoms with Crippen molar-refractivity contribution in [3.05, 3.63) is 23.8 Å². The van der Waals surface area contributed by atoms with Crippen LogP contribution in [-0.2, 0) is 0 Å². The van der Waals surface area contributed by atoms with Crippen LogP contribution in [-0.4, -0.2) is 49.2 Å². The van der Waals surface area contributed by atoms with Crippen LogP contribution < -0.4 is 10.6 Å². The molecule has 1 aliphatic heterocycles. The summed E-state index contributed by atoms with van der Waals surface area (Å²) < 4.78 is 0. The van der Waals surface area contributed by atoms with Gasteiger partial charge in [0.25, 0.3) is 5.91 Å². The largest absolute Gasteiger partial charge is 0.399 e. The van der Waals surface area contributed by atoms with Gasteiger partial charge < -0.3 is 20.6 Å². The Kier molecular flexibility index (Phi) is 3.95. The molecule has 1 amide bonds. The number of piperidine rings is 1. The van der Waals surface area contributed by atoms with Gasteiger partial charge in [0.2, 0.25) is 0 Å². The number of nitrogens with zero attached hydrogens (tertiary/aromatic N) is 2. The third-order valence-corrected chi connectivity index (χ3v) is 3.40. The number of aliphatic hydroxyl groups is 1. The highest BCUT2D eigenvalue weighted by molar-refractivity contribution is 6.00. The number of benzene rings is 1. The molecule has 104 valence electrons. The van der Waals surface area contributed by atoms with Crippen molar-refractivity contribution in [1.82, 2.24) is 4.90 Å². The van der Waals surface area contributed by atoms with Crippen LogP contribution in [0.2, 0.25) is 0 Å². The van der Waals surface area contributed by atoms with E-state index in [0.29, 0.717) is 17.8 Å². The van der Waals surface area contributed by atoms with Gasteiger partial charge in [-0.15, -0.1) is 0 Å². The zero-order chi connectivity index (χ0) is 14.0. The highest BCUT2D eigenvalue weighted by Gasteiger charge is 2.23. The maximum atomic E-state index is 12.2. The van der Waals surface area contributed by atoms with Crippen molar-refractivity contribution in [2.45, 2.75) is 18.9 Å². The molecule has 0 spiro atoms. The van der Waals surface area contributed by atoms with Gasteiger partial charge in [0.15, 0.2) is 0 Å². The molecule has 0 radical (unpaired) electrons. The Labute approximate surface area is 113 Å². The number of nitrogen functional groups attached to an aromatic ring is 1. The van der Waals surface area contributed by atoms with Gasteiger partial charge in [0.05, 0.1) is 17.4 Å². The van der Waals surface area contributed by atoms with Gasteiger partial charge in [-0.1, -0.05) is 0 Å². The number of nitrogens with two attached hydrogens (primary N) is 1. The van der Waals surface area contributed by atoms with Gasteiger partial charge in [-0.25, -0.2) is 0 Å². The normalized spacial score (nSPS) is 19.3. The summed E-state index contributed by atoms with van der Waals surface area (Å²) in [4.78, 5) is 15.8. The molecule has 1 heterocycles. The van der Waals surface area contributed by atoms with Gasteiger partial charge in [-0.05, 0) is 31.0 Å². The second-order valence-electron chi connectivity index (χ2n) is 5.22. The van der Waals surface area contributed by atoms with Crippen molar-refractivity contribution in [3.63, 3.8) is 0 Å². The molecule has 0 aromatic heterocycles. The fourth-order valence-electron chi connectivity index (χ4n) is 2.41. The first kappa shape index (κ1) is 13.7. The van der Waals surface area contributed by atoms with E-state index >= 15 is 0 Å². The Bertz CT molecular complexity index is 474. The average Bonchev–Trinajstić information content (AvgIpc) is 2.37. The number of amides is 1. The molecule has 0 aliphatic carbocycles. The summed E-state index contributed by atoms with van der Waals surface area (Å²) in [6.07, 6.45) is 1.40. The monoisotopic (exact) mass is 263 g/mol. The molecule has 2 rings (SSSR count). The van der Waals surface area contributed by atoms with Crippen LogP contribution in [0.25, 0.3) is 0 Å². The first-order valence-electron chi connectivity index (χ1n) is 6.53. The van der Waals surface area contributed by atoms with E-state index in [0.717, 1.165) is 25.1 Å². The Morgan fingerprint density at radius 1 is 1.47 bits per heavy atom. The number of carbonyl (C=O) groups excluding carboxylic acids is 1. The SMILES string of the molecule is CN(C)C(=O)c1ccc(N)cc1N1CCCC(O)C1. The van der Waals surface area contributed by atoms with E-state index in [-0.39, 0.29) is 12.0 Å². The van der Waals surface area contributed by atoms with E-state index in [1.165, 1.54) is 0 Å². The zero-order valence-corrected chi connectivity index (χ0v) is 11.5. The van der Waals surface area contributed by atoms with Crippen LogP contribution in [0.15, 0.2) is 18.2 Å². The molecule has 0 saturated carbocycles. The molecule has 1 atom stereocenters. The van der Waals surface area contributed by atoms with E-state index in [4.69, 9.17) is 5.73 Å². The van der Waals surface area contributed by atoms with Crippen molar-refractivity contribution in [2.24, 2.45) is 0 Å². The number of carbonyl (C=O) groups is 1. The lowest BCUT2D eigenvalue weighted by Gasteiger charge is -2.33. The fraction of sp³-hybridized carbons (Fsp3) is 0.500. The highest BCUT2D eigenvalue weighted by atomic mass is 16.3. The lowest BCUT2D eigenvalue weighted by molar-refractivity contribution is 0.0827. The van der Waals surface area contributed by atoms with Crippen molar-refractivity contribution in [2.75, 3.05) is 37.8 Å². The van der Waals surface area contributed by atoms with Crippen LogP contribution in [0.5, 0.6) is 0 Å². The third-order valence-electron chi connectivity index (χ3n) is 3.40. The van der Waals surface area contributed by atoms with E-state index in [1.54, 1.807) is 31.1 Å². The van der Waals surface area contributed by atoms with Gasteiger partial charge >= 0.3 is 0 Å². The molecular formula is C14H21N3O2. The van der Waals surface area contributed by atoms with Crippen molar-refractivity contribution in [3.8, 4) is 0 Å². The van der Waals surface area contributed by atoms with Crippen LogP contribution in [0.3, 0.4) is 0 Å². The molecular weight excluding hydrogens is 242 g/mol. The minimum absolute atomic E-state index is 0.0462. The Hall–Kier alpha value is -1.75. The van der Waals surface area contributed by atoms with Gasteiger partial charge in [0.1, 0.15) is 0 Å². The lowest BCUT2D eigenvalue weighted by atomic mass is 10.0. The summed E-state index contributed by atoms with van der Waals surface area (Å²) in [6, 6.07) is 5.31. The van der Waals surface area contributed by atoms with E-state index in [2.05, 4.69) is 0 Å². The summed E-state index contributed by atoms with van der Waals surface area (Å²) >= 11 is 0. The van der Waals surface area contributed by atoms with Crippen LogP contribution in [0.4, 0.5) is 11.4 Å². The van der Waals surface area contributed by atoms with Crippen molar-refractivity contribution < 1.29 is 9.90 Å². The predicted octanol–water partition coefficient (Wildman–Crippen LogP) is 0.932. The number of hydrogen-bond acceptors (Lipinski definition) is 4. The molecule has 1 fully saturated rings. The number of aliphatic hydroxyl groups excluding tert-OH is 1. The predicted molar refractivity (Wildman–Crippen MR) is 76.3 cm³/mol. The van der Waals surface area contributed by atoms with Crippen molar-refractivity contribution in [1.29, 1.82) is 0 Å². The standard InChI is InChI=1S/C14H21N3O2/c1-16(2)14(19)12-6-5-10(15)8-13(12)17-7-3-4-11(18)9-17/h5-6,8,11,18H,3-4,7,9,15H2,1-2H3. The minimum Gasteiger partial charge on any atom is -0.399 e. The van der Waals surface area contributed by atoms with Crippen LogP contribution in [0, 0.1) is 0 Å². The molecule has 0 bridgehead atoms. The first-order chi connectivity index (χ1) is 8.99. The molecule has 1 aliphatic rings. The van der Waals surface area contributed by atoms with E-state index in [9.17, 15) is 9.90 Å². The molecule has 19 heavy (non-hydrogen) atoms. The van der Waals surface area contributed by atoms with Gasteiger partial charge in [-0.3, -0.25) is 4.79 Å². The van der Waals surface area contributed by atoms with E-state index in [1.807, 2.05) is 11.0 Å². The molecule has 1 aromatic rings.